The summed E-state index contributed by atoms with van der Waals surface area (Å²) in [6.45, 7) is -0.763. The first-order chi connectivity index (χ1) is 16.4. The zero-order valence-electron chi connectivity index (χ0n) is 17.2. The summed E-state index contributed by atoms with van der Waals surface area (Å²) in [5.41, 5.74) is -4.54. The van der Waals surface area contributed by atoms with Crippen molar-refractivity contribution in [3.63, 3.8) is 0 Å². The summed E-state index contributed by atoms with van der Waals surface area (Å²) in [7, 11) is -4.48. The average molecular weight is 520 g/mol. The van der Waals surface area contributed by atoms with Gasteiger partial charge in [0.2, 0.25) is 0 Å². The van der Waals surface area contributed by atoms with Crippen LogP contribution in [0.4, 0.5) is 13.2 Å². The summed E-state index contributed by atoms with van der Waals surface area (Å²) in [5.74, 6) is -0.790. The molecule has 1 aliphatic heterocycles. The lowest BCUT2D eigenvalue weighted by atomic mass is 10.2. The smallest absolute Gasteiger partial charge is 0.423 e. The van der Waals surface area contributed by atoms with Crippen LogP contribution >= 0.6 is 0 Å². The third-order valence-corrected chi connectivity index (χ3v) is 6.79. The molecule has 17 heteroatoms. The summed E-state index contributed by atoms with van der Waals surface area (Å²) in [4.78, 5) is 24.5. The van der Waals surface area contributed by atoms with Gasteiger partial charge in [-0.15, -0.1) is 0 Å². The van der Waals surface area contributed by atoms with Gasteiger partial charge in [-0.05, 0) is 17.0 Å². The van der Waals surface area contributed by atoms with Gasteiger partial charge in [0.1, 0.15) is 24.0 Å². The molecule has 1 fully saturated rings. The van der Waals surface area contributed by atoms with Gasteiger partial charge in [0.15, 0.2) is 0 Å². The van der Waals surface area contributed by atoms with E-state index in [1.54, 1.807) is 6.07 Å². The van der Waals surface area contributed by atoms with Gasteiger partial charge in [-0.25, -0.2) is 13.2 Å². The Balaban J connectivity index is 1.66. The zero-order chi connectivity index (χ0) is 25.5. The van der Waals surface area contributed by atoms with Crippen molar-refractivity contribution in [3.8, 4) is 5.88 Å². The monoisotopic (exact) mass is 520 g/mol. The number of hydrogen-bond donors (Lipinski definition) is 2. The number of aliphatic hydroxyl groups excluding tert-OH is 1. The van der Waals surface area contributed by atoms with Crippen LogP contribution in [0.25, 0.3) is 0 Å². The van der Waals surface area contributed by atoms with Crippen LogP contribution in [0.15, 0.2) is 60.7 Å². The number of nitrogens with zero attached hydrogens (tertiary/aromatic N) is 3. The molecule has 0 radical (unpaired) electrons. The first kappa shape index (κ1) is 24.4. The van der Waals surface area contributed by atoms with Crippen LogP contribution < -0.4 is 20.9 Å². The van der Waals surface area contributed by atoms with E-state index in [9.17, 15) is 41.5 Å². The van der Waals surface area contributed by atoms with Gasteiger partial charge in [0.05, 0.1) is 16.7 Å². The Bertz CT molecular complexity index is 1450. The number of hydrogen-bond acceptors (Lipinski definition) is 10. The molecule has 0 amide bonds. The maximum atomic E-state index is 13.1. The molecule has 3 atom stereocenters. The molecule has 0 aliphatic carbocycles. The minimum Gasteiger partial charge on any atom is -0.448 e. The van der Waals surface area contributed by atoms with Crippen molar-refractivity contribution in [2.24, 2.45) is 0 Å². The van der Waals surface area contributed by atoms with Crippen molar-refractivity contribution in [1.82, 2.24) is 14.7 Å². The molecule has 0 spiro atoms. The molecule has 0 bridgehead atoms. The largest absolute Gasteiger partial charge is 0.448 e. The summed E-state index contributed by atoms with van der Waals surface area (Å²) in [5, 5.41) is 23.9. The molecule has 2 aromatic heterocycles. The van der Waals surface area contributed by atoms with Crippen molar-refractivity contribution < 1.29 is 45.7 Å². The molecule has 2 N–H and O–H groups in total. The highest BCUT2D eigenvalue weighted by Crippen LogP contribution is 2.34. The van der Waals surface area contributed by atoms with Crippen LogP contribution in [-0.2, 0) is 20.8 Å². The molecular formula is C18H15F3N4O9S. The Kier molecular flexibility index (Phi) is 6.16. The minimum absolute atomic E-state index is 0.260. The summed E-state index contributed by atoms with van der Waals surface area (Å²) in [6.07, 6.45) is -9.23. The summed E-state index contributed by atoms with van der Waals surface area (Å²) >= 11 is 0. The van der Waals surface area contributed by atoms with E-state index in [2.05, 4.69) is 9.79 Å². The number of aromatic nitrogens is 4. The number of aromatic amines is 1. The molecule has 4 rings (SSSR count). The number of nitrogens with one attached hydrogen (secondary N) is 1. The van der Waals surface area contributed by atoms with E-state index in [-0.39, 0.29) is 11.1 Å². The Hall–Kier alpha value is -3.70. The van der Waals surface area contributed by atoms with E-state index in [4.69, 9.17) is 9.47 Å². The SMILES string of the molecule is O=c1[nH]c(=O)n([C@H]2C[C@H](Oc3no[n+]([O-])c3S(=O)(=O)c3ccccc3)[C@@H](CO)O2)cc1C(F)(F)F. The van der Waals surface area contributed by atoms with Crippen LogP contribution in [0.1, 0.15) is 18.2 Å². The molecule has 0 unspecified atom stereocenters. The molecule has 1 aliphatic rings. The number of alkyl halides is 3. The fraction of sp³-hybridized carbons (Fsp3) is 0.333. The maximum Gasteiger partial charge on any atom is 0.423 e. The molecule has 3 heterocycles. The summed E-state index contributed by atoms with van der Waals surface area (Å²) in [6, 6.07) is 6.77. The number of ether oxygens (including phenoxy) is 2. The second kappa shape index (κ2) is 8.82. The van der Waals surface area contributed by atoms with Gasteiger partial charge in [-0.3, -0.25) is 19.0 Å². The van der Waals surface area contributed by atoms with Gasteiger partial charge in [-0.2, -0.15) is 13.2 Å². The highest BCUT2D eigenvalue weighted by atomic mass is 32.2. The maximum absolute atomic E-state index is 13.1. The highest BCUT2D eigenvalue weighted by Gasteiger charge is 2.44. The second-order valence-electron chi connectivity index (χ2n) is 7.27. The fourth-order valence-electron chi connectivity index (χ4n) is 3.43. The predicted molar refractivity (Wildman–Crippen MR) is 104 cm³/mol. The normalized spacial score (nSPS) is 20.7. The topological polar surface area (TPSA) is 181 Å². The third-order valence-electron chi connectivity index (χ3n) is 5.06. The van der Waals surface area contributed by atoms with E-state index in [0.717, 1.165) is 0 Å². The van der Waals surface area contributed by atoms with E-state index in [1.165, 1.54) is 29.2 Å². The van der Waals surface area contributed by atoms with Crippen molar-refractivity contribution in [1.29, 1.82) is 0 Å². The predicted octanol–water partition coefficient (Wildman–Crippen LogP) is -0.263. The molecular weight excluding hydrogens is 505 g/mol. The zero-order valence-corrected chi connectivity index (χ0v) is 18.0. The molecule has 1 saturated heterocycles. The van der Waals surface area contributed by atoms with Gasteiger partial charge in [-0.1, -0.05) is 18.2 Å². The number of aliphatic hydroxyl groups is 1. The first-order valence-electron chi connectivity index (χ1n) is 9.69. The Morgan fingerprint density at radius 2 is 1.97 bits per heavy atom. The fourth-order valence-corrected chi connectivity index (χ4v) is 4.71. The lowest BCUT2D eigenvalue weighted by Crippen LogP contribution is -2.36. The minimum atomic E-state index is -5.07. The standard InChI is InChI=1S/C18H15F3N4O9S/c19-18(20,21)10-7-24(17(28)22-14(10)27)13-6-11(12(8-26)32-13)33-15-16(25(29)34-23-15)35(30,31)9-4-2-1-3-5-9/h1-5,7,11-13,26H,6,8H2,(H,22,27,28)/t11-,12+,13+/m0/s1. The molecule has 0 saturated carbocycles. The van der Waals surface area contributed by atoms with Gasteiger partial charge in [0, 0.05) is 12.6 Å². The number of rotatable bonds is 6. The van der Waals surface area contributed by atoms with Crippen LogP contribution in [0.2, 0.25) is 0 Å². The lowest BCUT2D eigenvalue weighted by Gasteiger charge is -2.16. The number of halogens is 3. The molecule has 188 valence electrons. The number of H-pyrrole nitrogens is 1. The highest BCUT2D eigenvalue weighted by molar-refractivity contribution is 7.91. The first-order valence-corrected chi connectivity index (χ1v) is 11.2. The van der Waals surface area contributed by atoms with Gasteiger partial charge >= 0.3 is 22.8 Å². The molecule has 35 heavy (non-hydrogen) atoms. The molecule has 13 nitrogen and oxygen atoms in total. The Labute approximate surface area is 192 Å². The quantitative estimate of drug-likeness (QED) is 0.411. The van der Waals surface area contributed by atoms with E-state index >= 15 is 0 Å². The van der Waals surface area contributed by atoms with E-state index in [0.29, 0.717) is 4.57 Å². The Morgan fingerprint density at radius 3 is 2.60 bits per heavy atom. The van der Waals surface area contributed by atoms with Crippen LogP contribution in [-0.4, -0.2) is 47.0 Å². The van der Waals surface area contributed by atoms with Gasteiger partial charge in [0.25, 0.3) is 15.4 Å². The van der Waals surface area contributed by atoms with Crippen molar-refractivity contribution in [3.05, 3.63) is 68.1 Å². The van der Waals surface area contributed by atoms with Crippen LogP contribution in [0.5, 0.6) is 5.88 Å². The molecule has 1 aromatic carbocycles. The van der Waals surface area contributed by atoms with Gasteiger partial charge < -0.3 is 19.8 Å². The second-order valence-corrected chi connectivity index (χ2v) is 9.13. The average Bonchev–Trinajstić information content (AvgIpc) is 3.37. The molecule has 3 aromatic rings. The number of benzene rings is 1. The van der Waals surface area contributed by atoms with Crippen molar-refractivity contribution in [2.45, 2.75) is 41.0 Å². The lowest BCUT2D eigenvalue weighted by molar-refractivity contribution is -0.832. The Morgan fingerprint density at radius 1 is 1.29 bits per heavy atom. The van der Waals surface area contributed by atoms with E-state index in [1.807, 2.05) is 0 Å². The van der Waals surface area contributed by atoms with Crippen molar-refractivity contribution in [2.75, 3.05) is 6.61 Å². The van der Waals surface area contributed by atoms with Crippen LogP contribution in [0, 0.1) is 5.21 Å². The van der Waals surface area contributed by atoms with Crippen LogP contribution in [0.3, 0.4) is 0 Å². The van der Waals surface area contributed by atoms with E-state index < -0.39 is 80.1 Å². The van der Waals surface area contributed by atoms with Crippen molar-refractivity contribution >= 4 is 9.84 Å². The number of sulfone groups is 1. The summed E-state index contributed by atoms with van der Waals surface area (Å²) < 4.78 is 80.8. The third kappa shape index (κ3) is 4.52.